The van der Waals surface area contributed by atoms with E-state index in [0.717, 1.165) is 128 Å². The van der Waals surface area contributed by atoms with Crippen LogP contribution in [0.4, 0.5) is 0 Å². The molecule has 0 aliphatic carbocycles. The zero-order valence-electron chi connectivity index (χ0n) is 40.4. The number of carbonyl (C=O) groups is 2. The van der Waals surface area contributed by atoms with Crippen LogP contribution >= 0.6 is 7.82 Å². The molecule has 0 spiro atoms. The first-order chi connectivity index (χ1) is 31.8. The SMILES string of the molecule is CC/C=C\C/C=C\C/C=C\C/C=C\C/C=C\C/C=C\CCCCCCCCC(=O)OC(COC(=O)CCCCC/C=C\C/C=C\C/C=C\C/C=C\C/C=C\CC)COP(=O)(O)OCCN. The summed E-state index contributed by atoms with van der Waals surface area (Å²) >= 11 is 0. The molecule has 0 heterocycles. The van der Waals surface area contributed by atoms with Gasteiger partial charge in [-0.2, -0.15) is 0 Å². The number of esters is 2. The van der Waals surface area contributed by atoms with E-state index in [9.17, 15) is 19.0 Å². The lowest BCUT2D eigenvalue weighted by Gasteiger charge is -2.19. The van der Waals surface area contributed by atoms with Crippen LogP contribution in [-0.2, 0) is 32.7 Å². The number of phosphoric ester groups is 1. The molecule has 0 aromatic heterocycles. The maximum Gasteiger partial charge on any atom is 0.472 e. The van der Waals surface area contributed by atoms with E-state index in [0.29, 0.717) is 12.8 Å². The molecule has 0 saturated carbocycles. The normalized spacial score (nSPS) is 14.3. The van der Waals surface area contributed by atoms with Crippen molar-refractivity contribution in [2.45, 2.75) is 174 Å². The fraction of sp³-hybridized carbons (Fsp3) is 0.564. The Bertz CT molecular complexity index is 1520. The summed E-state index contributed by atoms with van der Waals surface area (Å²) in [5, 5.41) is 0. The zero-order chi connectivity index (χ0) is 47.4. The first-order valence-corrected chi connectivity index (χ1v) is 26.2. The van der Waals surface area contributed by atoms with Crippen molar-refractivity contribution in [2.24, 2.45) is 5.73 Å². The third-order valence-corrected chi connectivity index (χ3v) is 10.5. The molecule has 0 aromatic carbocycles. The number of nitrogens with two attached hydrogens (primary N) is 1. The Morgan fingerprint density at radius 3 is 1.20 bits per heavy atom. The van der Waals surface area contributed by atoms with Crippen molar-refractivity contribution in [3.05, 3.63) is 134 Å². The highest BCUT2D eigenvalue weighted by Gasteiger charge is 2.26. The number of hydrogen-bond donors (Lipinski definition) is 2. The highest BCUT2D eigenvalue weighted by molar-refractivity contribution is 7.47. The summed E-state index contributed by atoms with van der Waals surface area (Å²) in [7, 11) is -4.41. The molecule has 0 bridgehead atoms. The summed E-state index contributed by atoms with van der Waals surface area (Å²) in [5.41, 5.74) is 5.36. The quantitative estimate of drug-likeness (QED) is 0.0265. The molecule has 0 saturated heterocycles. The number of allylic oxidation sites excluding steroid dienone is 22. The molecule has 9 nitrogen and oxygen atoms in total. The van der Waals surface area contributed by atoms with E-state index in [1.807, 2.05) is 0 Å². The van der Waals surface area contributed by atoms with Gasteiger partial charge in [0.1, 0.15) is 6.61 Å². The Morgan fingerprint density at radius 1 is 0.462 bits per heavy atom. The summed E-state index contributed by atoms with van der Waals surface area (Å²) in [6.45, 7) is 3.42. The van der Waals surface area contributed by atoms with Gasteiger partial charge in [0.15, 0.2) is 6.10 Å². The Balaban J connectivity index is 4.21. The van der Waals surface area contributed by atoms with Crippen LogP contribution in [0.3, 0.4) is 0 Å². The molecule has 2 unspecified atom stereocenters. The van der Waals surface area contributed by atoms with E-state index >= 15 is 0 Å². The van der Waals surface area contributed by atoms with Gasteiger partial charge in [-0.3, -0.25) is 18.6 Å². The number of ether oxygens (including phenoxy) is 2. The van der Waals surface area contributed by atoms with Gasteiger partial charge in [-0.05, 0) is 109 Å². The Morgan fingerprint density at radius 2 is 0.800 bits per heavy atom. The molecule has 0 aromatic rings. The lowest BCUT2D eigenvalue weighted by molar-refractivity contribution is -0.161. The Kier molecular flexibility index (Phi) is 46.6. The molecule has 0 aliphatic rings. The van der Waals surface area contributed by atoms with Gasteiger partial charge in [0.05, 0.1) is 13.2 Å². The van der Waals surface area contributed by atoms with Crippen LogP contribution < -0.4 is 5.73 Å². The lowest BCUT2D eigenvalue weighted by Crippen LogP contribution is -2.29. The van der Waals surface area contributed by atoms with Crippen LogP contribution in [0, 0.1) is 0 Å². The number of phosphoric acid groups is 1. The molecule has 0 rings (SSSR count). The summed E-state index contributed by atoms with van der Waals surface area (Å²) in [4.78, 5) is 35.0. The van der Waals surface area contributed by atoms with E-state index < -0.39 is 32.5 Å². The van der Waals surface area contributed by atoms with Gasteiger partial charge in [0.25, 0.3) is 0 Å². The van der Waals surface area contributed by atoms with Crippen LogP contribution in [0.5, 0.6) is 0 Å². The molecule has 0 aliphatic heterocycles. The van der Waals surface area contributed by atoms with Gasteiger partial charge in [-0.15, -0.1) is 0 Å². The topological polar surface area (TPSA) is 134 Å². The molecule has 65 heavy (non-hydrogen) atoms. The van der Waals surface area contributed by atoms with E-state index in [1.54, 1.807) is 0 Å². The van der Waals surface area contributed by atoms with Crippen molar-refractivity contribution in [3.8, 4) is 0 Å². The fourth-order valence-electron chi connectivity index (χ4n) is 5.96. The van der Waals surface area contributed by atoms with Gasteiger partial charge in [-0.1, -0.05) is 180 Å². The Labute approximate surface area is 395 Å². The number of carbonyl (C=O) groups excluding carboxylic acids is 2. The van der Waals surface area contributed by atoms with Crippen LogP contribution in [-0.4, -0.2) is 49.3 Å². The highest BCUT2D eigenvalue weighted by atomic mass is 31.2. The van der Waals surface area contributed by atoms with E-state index in [-0.39, 0.29) is 32.6 Å². The second kappa shape index (κ2) is 49.6. The molecule has 3 N–H and O–H groups in total. The molecule has 0 fully saturated rings. The largest absolute Gasteiger partial charge is 0.472 e. The average molecular weight is 922 g/mol. The lowest BCUT2D eigenvalue weighted by atomic mass is 10.1. The standard InChI is InChI=1S/C55H88NO8P/c1-3-5-7-9-11-13-15-17-19-21-23-24-25-26-27-28-30-32-34-36-38-40-42-44-46-48-55(58)64-53(52-63-65(59,60)62-50-49-56)51-61-54(57)47-45-43-41-39-37-35-33-31-29-22-20-18-16-14-12-10-8-6-4-2/h5-8,11-14,17-20,23-24,26-27,29-32,35,37,53H,3-4,9-10,15-16,21-22,25,28,33-34,36,38-52,56H2,1-2H3,(H,59,60)/b7-5-,8-6-,13-11-,14-12-,19-17-,20-18-,24-23-,27-26-,31-29-,32-30-,37-35-. The first-order valence-electron chi connectivity index (χ1n) is 24.7. The third kappa shape index (κ3) is 49.4. The van der Waals surface area contributed by atoms with Crippen LogP contribution in [0.2, 0.25) is 0 Å². The zero-order valence-corrected chi connectivity index (χ0v) is 41.3. The first kappa shape index (κ1) is 61.1. The maximum absolute atomic E-state index is 12.7. The van der Waals surface area contributed by atoms with Gasteiger partial charge in [-0.25, -0.2) is 4.57 Å². The molecular weight excluding hydrogens is 834 g/mol. The number of rotatable bonds is 44. The van der Waals surface area contributed by atoms with Crippen molar-refractivity contribution in [3.63, 3.8) is 0 Å². The van der Waals surface area contributed by atoms with Gasteiger partial charge < -0.3 is 20.1 Å². The molecular formula is C55H88NO8P. The van der Waals surface area contributed by atoms with E-state index in [1.165, 1.54) is 0 Å². The maximum atomic E-state index is 12.7. The van der Waals surface area contributed by atoms with Crippen LogP contribution in [0.15, 0.2) is 134 Å². The van der Waals surface area contributed by atoms with E-state index in [2.05, 4.69) is 148 Å². The number of hydrogen-bond acceptors (Lipinski definition) is 8. The summed E-state index contributed by atoms with van der Waals surface area (Å²) in [5.74, 6) is -0.897. The highest BCUT2D eigenvalue weighted by Crippen LogP contribution is 2.43. The van der Waals surface area contributed by atoms with Crippen molar-refractivity contribution >= 4 is 19.8 Å². The predicted molar refractivity (Wildman–Crippen MR) is 274 cm³/mol. The third-order valence-electron chi connectivity index (χ3n) is 9.53. The molecule has 10 heteroatoms. The van der Waals surface area contributed by atoms with Crippen molar-refractivity contribution in [1.29, 1.82) is 0 Å². The monoisotopic (exact) mass is 922 g/mol. The van der Waals surface area contributed by atoms with Gasteiger partial charge in [0, 0.05) is 19.4 Å². The minimum atomic E-state index is -4.41. The second-order valence-corrected chi connectivity index (χ2v) is 17.0. The summed E-state index contributed by atoms with van der Waals surface area (Å²) in [6, 6.07) is 0. The molecule has 2 atom stereocenters. The summed E-state index contributed by atoms with van der Waals surface area (Å²) < 4.78 is 32.9. The minimum absolute atomic E-state index is 0.0374. The number of unbranched alkanes of at least 4 members (excludes halogenated alkanes) is 9. The van der Waals surface area contributed by atoms with E-state index in [4.69, 9.17) is 24.3 Å². The molecule has 0 radical (unpaired) electrons. The van der Waals surface area contributed by atoms with Crippen molar-refractivity contribution in [2.75, 3.05) is 26.4 Å². The van der Waals surface area contributed by atoms with Crippen LogP contribution in [0.25, 0.3) is 0 Å². The molecule has 366 valence electrons. The van der Waals surface area contributed by atoms with Crippen molar-refractivity contribution in [1.82, 2.24) is 0 Å². The average Bonchev–Trinajstić information content (AvgIpc) is 3.30. The minimum Gasteiger partial charge on any atom is -0.462 e. The van der Waals surface area contributed by atoms with Crippen molar-refractivity contribution < 1.29 is 37.6 Å². The Hall–Kier alpha value is -3.85. The predicted octanol–water partition coefficient (Wildman–Crippen LogP) is 15.1. The summed E-state index contributed by atoms with van der Waals surface area (Å²) in [6.07, 6.45) is 69.1. The van der Waals surface area contributed by atoms with Crippen LogP contribution in [0.1, 0.15) is 168 Å². The fourth-order valence-corrected chi connectivity index (χ4v) is 6.72. The second-order valence-electron chi connectivity index (χ2n) is 15.6. The van der Waals surface area contributed by atoms with Gasteiger partial charge >= 0.3 is 19.8 Å². The van der Waals surface area contributed by atoms with Gasteiger partial charge in [0.2, 0.25) is 0 Å². The smallest absolute Gasteiger partial charge is 0.462 e. The molecule has 0 amide bonds.